The Bertz CT molecular complexity index is 748. The van der Waals surface area contributed by atoms with Gasteiger partial charge in [-0.15, -0.1) is 16.9 Å². The van der Waals surface area contributed by atoms with Gasteiger partial charge in [-0.1, -0.05) is 13.8 Å². The number of rotatable bonds is 6. The molecule has 0 bridgehead atoms. The van der Waals surface area contributed by atoms with Gasteiger partial charge in [0.25, 0.3) is 0 Å². The Hall–Kier alpha value is -2.09. The van der Waals surface area contributed by atoms with Crippen LogP contribution in [0.3, 0.4) is 0 Å². The lowest BCUT2D eigenvalue weighted by atomic mass is 10.1. The van der Waals surface area contributed by atoms with E-state index in [1.54, 1.807) is 18.0 Å². The summed E-state index contributed by atoms with van der Waals surface area (Å²) in [7, 11) is 0. The van der Waals surface area contributed by atoms with Crippen molar-refractivity contribution >= 4 is 23.2 Å². The summed E-state index contributed by atoms with van der Waals surface area (Å²) in [6.45, 7) is 7.08. The third-order valence-corrected chi connectivity index (χ3v) is 4.11. The van der Waals surface area contributed by atoms with E-state index in [-0.39, 0.29) is 0 Å². The fourth-order valence-electron chi connectivity index (χ4n) is 2.13. The van der Waals surface area contributed by atoms with E-state index >= 15 is 0 Å². The van der Waals surface area contributed by atoms with Crippen LogP contribution in [0.25, 0.3) is 5.65 Å². The number of H-pyrrole nitrogens is 1. The first-order chi connectivity index (χ1) is 10.6. The molecule has 7 nitrogen and oxygen atoms in total. The fourth-order valence-corrected chi connectivity index (χ4v) is 2.77. The van der Waals surface area contributed by atoms with Crippen molar-refractivity contribution < 1.29 is 0 Å². The van der Waals surface area contributed by atoms with Crippen LogP contribution >= 0.6 is 11.8 Å². The van der Waals surface area contributed by atoms with E-state index in [9.17, 15) is 0 Å². The average molecular weight is 317 g/mol. The number of anilines is 1. The number of hydrogen-bond acceptors (Lipinski definition) is 6. The molecule has 0 aliphatic carbocycles. The molecule has 3 aromatic heterocycles. The monoisotopic (exact) mass is 317 g/mol. The summed E-state index contributed by atoms with van der Waals surface area (Å²) in [5.41, 5.74) is 2.92. The lowest BCUT2D eigenvalue weighted by Gasteiger charge is -2.11. The van der Waals surface area contributed by atoms with Gasteiger partial charge in [0.05, 0.1) is 11.9 Å². The zero-order valence-electron chi connectivity index (χ0n) is 12.9. The summed E-state index contributed by atoms with van der Waals surface area (Å²) >= 11 is 1.65. The number of hydrogen-bond donors (Lipinski definition) is 2. The molecule has 8 heteroatoms. The van der Waals surface area contributed by atoms with E-state index in [4.69, 9.17) is 0 Å². The van der Waals surface area contributed by atoms with E-state index in [0.717, 1.165) is 40.2 Å². The Balaban J connectivity index is 1.73. The van der Waals surface area contributed by atoms with Crippen LogP contribution in [0.2, 0.25) is 0 Å². The van der Waals surface area contributed by atoms with E-state index in [1.165, 1.54) is 0 Å². The minimum absolute atomic E-state index is 0.380. The molecule has 2 N–H and O–H groups in total. The molecular formula is C14H19N7S. The molecule has 0 atom stereocenters. The normalized spacial score (nSPS) is 11.5. The van der Waals surface area contributed by atoms with E-state index in [0.29, 0.717) is 5.92 Å². The zero-order valence-corrected chi connectivity index (χ0v) is 13.7. The van der Waals surface area contributed by atoms with Crippen molar-refractivity contribution in [1.82, 2.24) is 30.0 Å². The van der Waals surface area contributed by atoms with Gasteiger partial charge in [0.15, 0.2) is 5.65 Å². The Labute approximate surface area is 132 Å². The molecule has 0 aliphatic rings. The van der Waals surface area contributed by atoms with Crippen molar-refractivity contribution in [2.45, 2.75) is 31.7 Å². The van der Waals surface area contributed by atoms with Crippen molar-refractivity contribution in [2.24, 2.45) is 0 Å². The minimum Gasteiger partial charge on any atom is -0.369 e. The molecule has 3 aromatic rings. The maximum atomic E-state index is 4.66. The number of aromatic nitrogens is 6. The van der Waals surface area contributed by atoms with Crippen LogP contribution in [0.15, 0.2) is 23.4 Å². The van der Waals surface area contributed by atoms with Gasteiger partial charge in [-0.2, -0.15) is 19.9 Å². The van der Waals surface area contributed by atoms with Crippen LogP contribution in [0.1, 0.15) is 31.2 Å². The largest absolute Gasteiger partial charge is 0.369 e. The second-order valence-electron chi connectivity index (χ2n) is 5.36. The quantitative estimate of drug-likeness (QED) is 0.537. The van der Waals surface area contributed by atoms with Crippen LogP contribution in [-0.2, 0) is 0 Å². The highest BCUT2D eigenvalue weighted by molar-refractivity contribution is 7.99. The molecular weight excluding hydrogens is 298 g/mol. The highest BCUT2D eigenvalue weighted by atomic mass is 32.2. The molecule has 0 radical (unpaired) electrons. The number of aromatic amines is 1. The third kappa shape index (κ3) is 3.22. The van der Waals surface area contributed by atoms with Crippen molar-refractivity contribution in [3.8, 4) is 0 Å². The first kappa shape index (κ1) is 14.8. The maximum Gasteiger partial charge on any atom is 0.157 e. The van der Waals surface area contributed by atoms with Gasteiger partial charge >= 0.3 is 0 Å². The van der Waals surface area contributed by atoms with Crippen molar-refractivity contribution in [3.63, 3.8) is 0 Å². The van der Waals surface area contributed by atoms with Crippen LogP contribution in [0.4, 0.5) is 5.82 Å². The number of thioether (sulfide) groups is 1. The first-order valence-corrected chi connectivity index (χ1v) is 8.22. The average Bonchev–Trinajstić information content (AvgIpc) is 3.11. The highest BCUT2D eigenvalue weighted by Gasteiger charge is 2.10. The van der Waals surface area contributed by atoms with Crippen molar-refractivity contribution in [3.05, 3.63) is 29.7 Å². The van der Waals surface area contributed by atoms with Gasteiger partial charge in [0.1, 0.15) is 10.8 Å². The molecule has 0 aliphatic heterocycles. The van der Waals surface area contributed by atoms with Crippen LogP contribution in [0, 0.1) is 6.92 Å². The molecule has 22 heavy (non-hydrogen) atoms. The smallest absolute Gasteiger partial charge is 0.157 e. The van der Waals surface area contributed by atoms with Crippen LogP contribution < -0.4 is 5.32 Å². The molecule has 116 valence electrons. The lowest BCUT2D eigenvalue weighted by Crippen LogP contribution is -2.10. The Kier molecular flexibility index (Phi) is 4.28. The standard InChI is InChI=1S/C14H19N7S/c1-9(2)11-7-12(21-13(17-11)6-10(3)19-21)15-4-5-22-14-8-16-20-18-14/h6-9,15H,4-5H2,1-3H3,(H,16,18,20). The van der Waals surface area contributed by atoms with Gasteiger partial charge in [-0.3, -0.25) is 0 Å². The van der Waals surface area contributed by atoms with Crippen molar-refractivity contribution in [1.29, 1.82) is 0 Å². The Morgan fingerprint density at radius 1 is 1.36 bits per heavy atom. The van der Waals surface area contributed by atoms with Gasteiger partial charge in [-0.25, -0.2) is 4.98 Å². The Morgan fingerprint density at radius 3 is 2.95 bits per heavy atom. The highest BCUT2D eigenvalue weighted by Crippen LogP contribution is 2.20. The predicted octanol–water partition coefficient (Wildman–Crippen LogP) is 2.48. The summed E-state index contributed by atoms with van der Waals surface area (Å²) < 4.78 is 1.86. The second-order valence-corrected chi connectivity index (χ2v) is 6.48. The predicted molar refractivity (Wildman–Crippen MR) is 87.4 cm³/mol. The molecule has 0 amide bonds. The summed E-state index contributed by atoms with van der Waals surface area (Å²) in [5, 5.41) is 19.3. The van der Waals surface area contributed by atoms with Crippen molar-refractivity contribution in [2.75, 3.05) is 17.6 Å². The SMILES string of the molecule is Cc1cc2nc(C(C)C)cc(NCCSc3cn[nH]n3)n2n1. The number of aryl methyl sites for hydroxylation is 1. The first-order valence-electron chi connectivity index (χ1n) is 7.23. The summed E-state index contributed by atoms with van der Waals surface area (Å²) in [6, 6.07) is 4.08. The minimum atomic E-state index is 0.380. The zero-order chi connectivity index (χ0) is 15.5. The molecule has 0 saturated carbocycles. The van der Waals surface area contributed by atoms with E-state index in [2.05, 4.69) is 50.7 Å². The molecule has 0 unspecified atom stereocenters. The molecule has 3 heterocycles. The van der Waals surface area contributed by atoms with Gasteiger partial charge in [0.2, 0.25) is 0 Å². The molecule has 0 saturated heterocycles. The topological polar surface area (TPSA) is 83.8 Å². The van der Waals surface area contributed by atoms with Gasteiger partial charge in [0, 0.05) is 30.1 Å². The third-order valence-electron chi connectivity index (χ3n) is 3.21. The second kappa shape index (κ2) is 6.35. The number of nitrogens with zero attached hydrogens (tertiary/aromatic N) is 5. The number of fused-ring (bicyclic) bond motifs is 1. The molecule has 0 spiro atoms. The Morgan fingerprint density at radius 2 is 2.23 bits per heavy atom. The molecule has 3 rings (SSSR count). The summed E-state index contributed by atoms with van der Waals surface area (Å²) in [6.07, 6.45) is 1.73. The van der Waals surface area contributed by atoms with Gasteiger partial charge in [-0.05, 0) is 12.8 Å². The lowest BCUT2D eigenvalue weighted by molar-refractivity contribution is 0.807. The maximum absolute atomic E-state index is 4.66. The fraction of sp³-hybridized carbons (Fsp3) is 0.429. The van der Waals surface area contributed by atoms with E-state index < -0.39 is 0 Å². The molecule has 0 aromatic carbocycles. The number of nitrogens with one attached hydrogen (secondary N) is 2. The van der Waals surface area contributed by atoms with Crippen LogP contribution in [-0.4, -0.2) is 42.3 Å². The summed E-state index contributed by atoms with van der Waals surface area (Å²) in [5.74, 6) is 2.25. The molecule has 0 fully saturated rings. The van der Waals surface area contributed by atoms with E-state index in [1.807, 2.05) is 17.5 Å². The van der Waals surface area contributed by atoms with Crippen LogP contribution in [0.5, 0.6) is 0 Å². The summed E-state index contributed by atoms with van der Waals surface area (Å²) in [4.78, 5) is 4.66. The van der Waals surface area contributed by atoms with Gasteiger partial charge < -0.3 is 5.32 Å².